The first-order chi connectivity index (χ1) is 14.3. The molecular weight excluding hydrogens is 390 g/mol. The van der Waals surface area contributed by atoms with Crippen molar-refractivity contribution in [2.24, 2.45) is 5.73 Å². The maximum atomic E-state index is 13.8. The Morgan fingerprint density at radius 2 is 1.40 bits per heavy atom. The van der Waals surface area contributed by atoms with Crippen LogP contribution in [0.15, 0.2) is 66.7 Å². The molecule has 2 amide bonds. The lowest BCUT2D eigenvalue weighted by molar-refractivity contribution is 0.0938. The summed E-state index contributed by atoms with van der Waals surface area (Å²) in [4.78, 5) is 23.5. The molecule has 3 N–H and O–H groups in total. The zero-order valence-corrected chi connectivity index (χ0v) is 16.2. The summed E-state index contributed by atoms with van der Waals surface area (Å²) >= 11 is 0. The van der Waals surface area contributed by atoms with E-state index >= 15 is 0 Å². The van der Waals surface area contributed by atoms with E-state index in [1.165, 1.54) is 18.2 Å². The number of hydrogen-bond donors (Lipinski definition) is 2. The molecule has 30 heavy (non-hydrogen) atoms. The van der Waals surface area contributed by atoms with Gasteiger partial charge in [0.1, 0.15) is 23.1 Å². The molecule has 0 aliphatic rings. The highest BCUT2D eigenvalue weighted by Crippen LogP contribution is 2.22. The number of ether oxygens (including phenoxy) is 1. The number of hydrogen-bond acceptors (Lipinski definition) is 3. The van der Waals surface area contributed by atoms with Crippen molar-refractivity contribution in [3.05, 3.63) is 95.1 Å². The summed E-state index contributed by atoms with van der Waals surface area (Å²) in [5.41, 5.74) is 5.90. The van der Waals surface area contributed by atoms with Crippen molar-refractivity contribution in [3.63, 3.8) is 0 Å². The Balaban J connectivity index is 1.60. The third-order valence-corrected chi connectivity index (χ3v) is 4.44. The number of carbonyl (C=O) groups is 2. The lowest BCUT2D eigenvalue weighted by atomic mass is 10.1. The standard InChI is InChI=1S/C23H20F2N2O3/c1-14(13-19-20(24)3-2-4-21(19)25)27-23(29)16-7-11-18(12-8-16)30-17-9-5-15(6-10-17)22(26)28/h2-12,14H,13H2,1H3,(H2,26,28)(H,27,29). The molecule has 0 fully saturated rings. The van der Waals surface area contributed by atoms with E-state index in [9.17, 15) is 18.4 Å². The summed E-state index contributed by atoms with van der Waals surface area (Å²) in [6.07, 6.45) is 0.0345. The van der Waals surface area contributed by atoms with Crippen LogP contribution in [0.1, 0.15) is 33.2 Å². The van der Waals surface area contributed by atoms with Crippen molar-refractivity contribution in [1.29, 1.82) is 0 Å². The third-order valence-electron chi connectivity index (χ3n) is 4.44. The van der Waals surface area contributed by atoms with Gasteiger partial charge in [0, 0.05) is 22.7 Å². The summed E-state index contributed by atoms with van der Waals surface area (Å²) in [7, 11) is 0. The van der Waals surface area contributed by atoms with E-state index in [0.717, 1.165) is 0 Å². The summed E-state index contributed by atoms with van der Waals surface area (Å²) in [5, 5.41) is 2.73. The maximum Gasteiger partial charge on any atom is 0.251 e. The van der Waals surface area contributed by atoms with Crippen molar-refractivity contribution >= 4 is 11.8 Å². The molecule has 0 spiro atoms. The molecule has 3 aromatic rings. The average Bonchev–Trinajstić information content (AvgIpc) is 2.72. The number of nitrogens with two attached hydrogens (primary N) is 1. The van der Waals surface area contributed by atoms with Crippen LogP contribution >= 0.6 is 0 Å². The van der Waals surface area contributed by atoms with Crippen LogP contribution in [0.25, 0.3) is 0 Å². The third kappa shape index (κ3) is 5.20. The highest BCUT2D eigenvalue weighted by Gasteiger charge is 2.15. The van der Waals surface area contributed by atoms with E-state index in [4.69, 9.17) is 10.5 Å². The van der Waals surface area contributed by atoms with Gasteiger partial charge in [-0.15, -0.1) is 0 Å². The fourth-order valence-corrected chi connectivity index (χ4v) is 2.89. The second-order valence-corrected chi connectivity index (χ2v) is 6.79. The number of halogens is 2. The predicted octanol–water partition coefficient (Wildman–Crippen LogP) is 4.22. The van der Waals surface area contributed by atoms with E-state index in [0.29, 0.717) is 22.6 Å². The smallest absolute Gasteiger partial charge is 0.251 e. The van der Waals surface area contributed by atoms with Gasteiger partial charge in [-0.3, -0.25) is 9.59 Å². The summed E-state index contributed by atoms with van der Waals surface area (Å²) in [6.45, 7) is 1.68. The van der Waals surface area contributed by atoms with Gasteiger partial charge in [0.2, 0.25) is 5.91 Å². The van der Waals surface area contributed by atoms with Crippen LogP contribution in [-0.2, 0) is 6.42 Å². The van der Waals surface area contributed by atoms with Crippen LogP contribution in [0.3, 0.4) is 0 Å². The Hall–Kier alpha value is -3.74. The second-order valence-electron chi connectivity index (χ2n) is 6.79. The number of primary amides is 1. The normalized spacial score (nSPS) is 11.6. The minimum atomic E-state index is -0.638. The van der Waals surface area contributed by atoms with Crippen molar-refractivity contribution < 1.29 is 23.1 Å². The summed E-state index contributed by atoms with van der Waals surface area (Å²) in [5.74, 6) is -1.15. The van der Waals surface area contributed by atoms with E-state index < -0.39 is 23.6 Å². The molecule has 0 saturated heterocycles. The molecule has 0 aromatic heterocycles. The van der Waals surface area contributed by atoms with Crippen LogP contribution in [0.4, 0.5) is 8.78 Å². The molecule has 0 saturated carbocycles. The zero-order chi connectivity index (χ0) is 21.7. The van der Waals surface area contributed by atoms with E-state index in [1.807, 2.05) is 0 Å². The van der Waals surface area contributed by atoms with Crippen molar-refractivity contribution in [2.75, 3.05) is 0 Å². The van der Waals surface area contributed by atoms with Gasteiger partial charge < -0.3 is 15.8 Å². The Bertz CT molecular complexity index is 1030. The minimum absolute atomic E-state index is 0.0345. The van der Waals surface area contributed by atoms with Gasteiger partial charge in [-0.05, 0) is 74.0 Å². The number of rotatable bonds is 7. The monoisotopic (exact) mass is 410 g/mol. The first-order valence-electron chi connectivity index (χ1n) is 9.25. The minimum Gasteiger partial charge on any atom is -0.457 e. The van der Waals surface area contributed by atoms with Crippen molar-refractivity contribution in [3.8, 4) is 11.5 Å². The van der Waals surface area contributed by atoms with Crippen LogP contribution in [0.2, 0.25) is 0 Å². The van der Waals surface area contributed by atoms with E-state index in [2.05, 4.69) is 5.32 Å². The van der Waals surface area contributed by atoms with E-state index in [1.54, 1.807) is 55.5 Å². The van der Waals surface area contributed by atoms with Gasteiger partial charge >= 0.3 is 0 Å². The van der Waals surface area contributed by atoms with Gasteiger partial charge in [-0.2, -0.15) is 0 Å². The van der Waals surface area contributed by atoms with Crippen molar-refractivity contribution in [1.82, 2.24) is 5.32 Å². The van der Waals surface area contributed by atoms with Gasteiger partial charge in [0.05, 0.1) is 0 Å². The number of carbonyl (C=O) groups excluding carboxylic acids is 2. The molecule has 154 valence electrons. The molecule has 0 bridgehead atoms. The average molecular weight is 410 g/mol. The maximum absolute atomic E-state index is 13.8. The number of amides is 2. The van der Waals surface area contributed by atoms with Crippen LogP contribution in [-0.4, -0.2) is 17.9 Å². The first-order valence-corrected chi connectivity index (χ1v) is 9.25. The second kappa shape index (κ2) is 9.17. The Labute approximate surface area is 172 Å². The molecular formula is C23H20F2N2O3. The lowest BCUT2D eigenvalue weighted by Gasteiger charge is -2.15. The topological polar surface area (TPSA) is 81.4 Å². The summed E-state index contributed by atoms with van der Waals surface area (Å²) in [6, 6.07) is 16.0. The Morgan fingerprint density at radius 3 is 1.90 bits per heavy atom. The molecule has 1 atom stereocenters. The molecule has 0 heterocycles. The SMILES string of the molecule is CC(Cc1c(F)cccc1F)NC(=O)c1ccc(Oc2ccc(C(N)=O)cc2)cc1. The van der Waals surface area contributed by atoms with Crippen LogP contribution in [0, 0.1) is 11.6 Å². The van der Waals surface area contributed by atoms with Crippen molar-refractivity contribution in [2.45, 2.75) is 19.4 Å². The number of benzene rings is 3. The quantitative estimate of drug-likeness (QED) is 0.612. The molecule has 0 aliphatic carbocycles. The summed E-state index contributed by atoms with van der Waals surface area (Å²) < 4.78 is 33.2. The molecule has 3 rings (SSSR count). The highest BCUT2D eigenvalue weighted by atomic mass is 19.1. The fraction of sp³-hybridized carbons (Fsp3) is 0.130. The molecule has 7 heteroatoms. The predicted molar refractivity (Wildman–Crippen MR) is 108 cm³/mol. The largest absolute Gasteiger partial charge is 0.457 e. The number of nitrogens with one attached hydrogen (secondary N) is 1. The van der Waals surface area contributed by atoms with Gasteiger partial charge in [0.15, 0.2) is 0 Å². The highest BCUT2D eigenvalue weighted by molar-refractivity contribution is 5.94. The lowest BCUT2D eigenvalue weighted by Crippen LogP contribution is -2.34. The zero-order valence-electron chi connectivity index (χ0n) is 16.2. The first kappa shape index (κ1) is 21.0. The Morgan fingerprint density at radius 1 is 0.900 bits per heavy atom. The molecule has 0 radical (unpaired) electrons. The van der Waals surface area contributed by atoms with Crippen LogP contribution < -0.4 is 15.8 Å². The molecule has 5 nitrogen and oxygen atoms in total. The van der Waals surface area contributed by atoms with Gasteiger partial charge in [-0.1, -0.05) is 6.07 Å². The van der Waals surface area contributed by atoms with Gasteiger partial charge in [-0.25, -0.2) is 8.78 Å². The van der Waals surface area contributed by atoms with Crippen LogP contribution in [0.5, 0.6) is 11.5 Å². The molecule has 0 aliphatic heterocycles. The molecule has 1 unspecified atom stereocenters. The molecule has 3 aromatic carbocycles. The van der Waals surface area contributed by atoms with Gasteiger partial charge in [0.25, 0.3) is 5.91 Å². The Kier molecular flexibility index (Phi) is 6.41. The van der Waals surface area contributed by atoms with E-state index in [-0.39, 0.29) is 17.9 Å². The fourth-order valence-electron chi connectivity index (χ4n) is 2.89.